The fourth-order valence-electron chi connectivity index (χ4n) is 6.02. The van der Waals surface area contributed by atoms with Gasteiger partial charge in [-0.05, 0) is 48.3 Å². The fraction of sp³-hybridized carbons (Fsp3) is 0.520. The van der Waals surface area contributed by atoms with Gasteiger partial charge >= 0.3 is 11.7 Å². The van der Waals surface area contributed by atoms with Crippen LogP contribution in [0.25, 0.3) is 0 Å². The Kier molecular flexibility index (Phi) is 6.48. The quantitative estimate of drug-likeness (QED) is 0.432. The van der Waals surface area contributed by atoms with Gasteiger partial charge in [-0.25, -0.2) is 18.0 Å². The third-order valence-corrected chi connectivity index (χ3v) is 9.26. The SMILES string of the molecule is Cn1c(N)c(C(=O)COC(=O)c2cccc(S(=O)(=O)N3CC4(C)CC3CC(C)(C)C4)c2)c(=O)n(C)c1=O. The van der Waals surface area contributed by atoms with E-state index in [4.69, 9.17) is 10.5 Å². The molecule has 2 N–H and O–H groups in total. The first-order chi connectivity index (χ1) is 17.1. The summed E-state index contributed by atoms with van der Waals surface area (Å²) in [6.45, 7) is 6.04. The molecule has 2 bridgehead atoms. The van der Waals surface area contributed by atoms with E-state index in [9.17, 15) is 27.6 Å². The first kappa shape index (κ1) is 26.8. The summed E-state index contributed by atoms with van der Waals surface area (Å²) >= 11 is 0. The Labute approximate surface area is 214 Å². The Bertz CT molecular complexity index is 1520. The Hall–Kier alpha value is -3.25. The van der Waals surface area contributed by atoms with E-state index >= 15 is 0 Å². The van der Waals surface area contributed by atoms with Crippen molar-refractivity contribution in [2.75, 3.05) is 18.9 Å². The summed E-state index contributed by atoms with van der Waals surface area (Å²) < 4.78 is 35.4. The molecule has 0 amide bonds. The topological polar surface area (TPSA) is 151 Å². The average Bonchev–Trinajstić information content (AvgIpc) is 3.09. The van der Waals surface area contributed by atoms with Crippen LogP contribution in [0.2, 0.25) is 0 Å². The predicted molar refractivity (Wildman–Crippen MR) is 136 cm³/mol. The van der Waals surface area contributed by atoms with Gasteiger partial charge in [0.05, 0.1) is 10.5 Å². The van der Waals surface area contributed by atoms with E-state index in [-0.39, 0.29) is 33.1 Å². The van der Waals surface area contributed by atoms with E-state index < -0.39 is 45.2 Å². The van der Waals surface area contributed by atoms with Crippen molar-refractivity contribution in [2.45, 2.75) is 51.0 Å². The van der Waals surface area contributed by atoms with E-state index in [1.165, 1.54) is 38.4 Å². The molecule has 12 heteroatoms. The van der Waals surface area contributed by atoms with E-state index in [0.717, 1.165) is 28.4 Å². The molecule has 2 aromatic rings. The number of carbonyl (C=O) groups is 2. The van der Waals surface area contributed by atoms with Crippen LogP contribution in [0.1, 0.15) is 60.7 Å². The zero-order valence-electron chi connectivity index (χ0n) is 21.6. The Morgan fingerprint density at radius 1 is 1.11 bits per heavy atom. The summed E-state index contributed by atoms with van der Waals surface area (Å²) in [4.78, 5) is 49.6. The predicted octanol–water partition coefficient (Wildman–Crippen LogP) is 1.30. The largest absolute Gasteiger partial charge is 0.454 e. The number of anilines is 1. The van der Waals surface area contributed by atoms with Crippen molar-refractivity contribution in [2.24, 2.45) is 24.9 Å². The number of fused-ring (bicyclic) bond motifs is 2. The molecular weight excluding hydrogens is 500 g/mol. The number of aromatic nitrogens is 2. The van der Waals surface area contributed by atoms with Crippen LogP contribution in [0, 0.1) is 10.8 Å². The van der Waals surface area contributed by atoms with Crippen molar-refractivity contribution in [3.05, 3.63) is 56.2 Å². The van der Waals surface area contributed by atoms with Gasteiger partial charge < -0.3 is 10.5 Å². The molecule has 2 aliphatic rings. The van der Waals surface area contributed by atoms with Crippen LogP contribution in [0.3, 0.4) is 0 Å². The van der Waals surface area contributed by atoms with E-state index in [2.05, 4.69) is 20.8 Å². The lowest BCUT2D eigenvalue weighted by Gasteiger charge is -2.39. The molecule has 200 valence electrons. The van der Waals surface area contributed by atoms with Gasteiger partial charge in [0.25, 0.3) is 5.56 Å². The van der Waals surface area contributed by atoms with Gasteiger partial charge in [-0.3, -0.25) is 18.7 Å². The Morgan fingerprint density at radius 3 is 2.46 bits per heavy atom. The van der Waals surface area contributed by atoms with E-state index in [0.29, 0.717) is 6.54 Å². The van der Waals surface area contributed by atoms with Gasteiger partial charge in [0.2, 0.25) is 15.8 Å². The molecule has 37 heavy (non-hydrogen) atoms. The summed E-state index contributed by atoms with van der Waals surface area (Å²) in [6.07, 6.45) is 2.50. The highest BCUT2D eigenvalue weighted by atomic mass is 32.2. The fourth-order valence-corrected chi connectivity index (χ4v) is 7.84. The van der Waals surface area contributed by atoms with Crippen molar-refractivity contribution in [3.63, 3.8) is 0 Å². The smallest absolute Gasteiger partial charge is 0.338 e. The molecule has 1 saturated heterocycles. The molecule has 1 aromatic carbocycles. The van der Waals surface area contributed by atoms with Crippen LogP contribution in [-0.2, 0) is 28.9 Å². The summed E-state index contributed by atoms with van der Waals surface area (Å²) in [6, 6.07) is 5.39. The minimum absolute atomic E-state index is 0.0293. The van der Waals surface area contributed by atoms with Crippen LogP contribution in [0.5, 0.6) is 0 Å². The highest BCUT2D eigenvalue weighted by Gasteiger charge is 2.53. The zero-order chi connectivity index (χ0) is 27.5. The number of sulfonamides is 1. The van der Waals surface area contributed by atoms with E-state index in [1.807, 2.05) is 0 Å². The molecule has 0 radical (unpaired) electrons. The number of hydrogen-bond donors (Lipinski definition) is 1. The number of rotatable bonds is 6. The van der Waals surface area contributed by atoms with Gasteiger partial charge in [0.15, 0.2) is 6.61 Å². The van der Waals surface area contributed by atoms with Crippen LogP contribution in [0.15, 0.2) is 38.8 Å². The molecule has 0 spiro atoms. The third-order valence-electron chi connectivity index (χ3n) is 7.37. The molecule has 1 aliphatic heterocycles. The van der Waals surface area contributed by atoms with E-state index in [1.54, 1.807) is 4.31 Å². The van der Waals surface area contributed by atoms with Crippen LogP contribution < -0.4 is 17.0 Å². The summed E-state index contributed by atoms with van der Waals surface area (Å²) in [7, 11) is -1.36. The molecule has 2 unspecified atom stereocenters. The first-order valence-corrected chi connectivity index (χ1v) is 13.4. The van der Waals surface area contributed by atoms with Crippen molar-refractivity contribution in [1.82, 2.24) is 13.4 Å². The molecule has 1 saturated carbocycles. The number of esters is 1. The third kappa shape index (κ3) is 4.75. The van der Waals surface area contributed by atoms with Gasteiger partial charge in [-0.15, -0.1) is 0 Å². The minimum Gasteiger partial charge on any atom is -0.454 e. The second kappa shape index (κ2) is 8.95. The van der Waals surface area contributed by atoms with Crippen LogP contribution in [-0.4, -0.2) is 52.8 Å². The number of carbonyl (C=O) groups excluding carboxylic acids is 2. The number of nitrogens with two attached hydrogens (primary N) is 1. The van der Waals surface area contributed by atoms with Gasteiger partial charge in [0.1, 0.15) is 11.4 Å². The second-order valence-electron chi connectivity index (χ2n) is 11.3. The maximum absolute atomic E-state index is 13.6. The van der Waals surface area contributed by atoms with Crippen LogP contribution >= 0.6 is 0 Å². The highest BCUT2D eigenvalue weighted by Crippen LogP contribution is 2.53. The van der Waals surface area contributed by atoms with Crippen LogP contribution in [0.4, 0.5) is 5.82 Å². The maximum atomic E-state index is 13.6. The lowest BCUT2D eigenvalue weighted by molar-refractivity contribution is 0.0474. The lowest BCUT2D eigenvalue weighted by Crippen LogP contribution is -2.42. The summed E-state index contributed by atoms with van der Waals surface area (Å²) in [5, 5.41) is 0. The van der Waals surface area contributed by atoms with Gasteiger partial charge in [-0.2, -0.15) is 4.31 Å². The van der Waals surface area contributed by atoms with Crippen molar-refractivity contribution >= 4 is 27.6 Å². The molecule has 2 heterocycles. The van der Waals surface area contributed by atoms with Gasteiger partial charge in [-0.1, -0.05) is 26.8 Å². The first-order valence-electron chi connectivity index (χ1n) is 11.9. The minimum atomic E-state index is -3.87. The Morgan fingerprint density at radius 2 is 1.78 bits per heavy atom. The molecular formula is C25H32N4O7S. The zero-order valence-corrected chi connectivity index (χ0v) is 22.4. The molecule has 11 nitrogen and oxygen atoms in total. The standard InChI is InChI=1S/C25H32N4O7S/c1-24(2)10-16-11-25(3,13-24)14-29(16)37(34,35)17-8-6-7-15(9-17)22(32)36-12-18(30)19-20(26)27(4)23(33)28(5)21(19)31/h6-9,16H,10-14,26H2,1-5H3. The molecule has 1 aliphatic carbocycles. The molecule has 4 rings (SSSR count). The highest BCUT2D eigenvalue weighted by molar-refractivity contribution is 7.89. The number of benzene rings is 1. The monoisotopic (exact) mass is 532 g/mol. The van der Waals surface area contributed by atoms with Crippen molar-refractivity contribution in [3.8, 4) is 0 Å². The number of nitrogens with zero attached hydrogens (tertiary/aromatic N) is 3. The maximum Gasteiger partial charge on any atom is 0.338 e. The van der Waals surface area contributed by atoms with Crippen molar-refractivity contribution in [1.29, 1.82) is 0 Å². The number of nitrogen functional groups attached to an aromatic ring is 1. The molecule has 2 atom stereocenters. The summed E-state index contributed by atoms with van der Waals surface area (Å²) in [5.74, 6) is -2.15. The number of Topliss-reactive ketones (excluding diaryl/α,β-unsaturated/α-hetero) is 1. The average molecular weight is 533 g/mol. The molecule has 1 aromatic heterocycles. The van der Waals surface area contributed by atoms with Gasteiger partial charge in [0, 0.05) is 26.7 Å². The second-order valence-corrected chi connectivity index (χ2v) is 13.1. The van der Waals surface area contributed by atoms with Crippen molar-refractivity contribution < 1.29 is 22.7 Å². The number of ketones is 1. The number of ether oxygens (including phenoxy) is 1. The number of hydrogen-bond acceptors (Lipinski definition) is 8. The summed E-state index contributed by atoms with van der Waals surface area (Å²) in [5.41, 5.74) is 3.60. The Balaban J connectivity index is 1.53. The normalized spacial score (nSPS) is 23.1. The molecule has 2 fully saturated rings. The lowest BCUT2D eigenvalue weighted by atomic mass is 9.65.